The number of aliphatic hydroxyl groups excluding tert-OH is 1. The van der Waals surface area contributed by atoms with Crippen LogP contribution in [0.1, 0.15) is 18.4 Å². The molecule has 2 rings (SSSR count). The lowest BCUT2D eigenvalue weighted by Gasteiger charge is -2.13. The Balaban J connectivity index is 2.07. The minimum Gasteiger partial charge on any atom is -0.391 e. The summed E-state index contributed by atoms with van der Waals surface area (Å²) in [7, 11) is -3.96. The third kappa shape index (κ3) is 4.69. The van der Waals surface area contributed by atoms with Crippen LogP contribution in [0.4, 0.5) is 13.2 Å². The summed E-state index contributed by atoms with van der Waals surface area (Å²) >= 11 is 0. The van der Waals surface area contributed by atoms with Crippen molar-refractivity contribution in [2.75, 3.05) is 12.3 Å². The standard InChI is InChI=1S/C13H16F3NO3S/c14-13(15,16)9-2-1-3-12(6-9)21(19,20)8-11(18)7-17-10-4-5-10/h1-3,6,10-11,17-18H,4-5,7-8H2. The van der Waals surface area contributed by atoms with E-state index in [0.717, 1.165) is 31.0 Å². The van der Waals surface area contributed by atoms with Gasteiger partial charge >= 0.3 is 6.18 Å². The molecule has 4 nitrogen and oxygen atoms in total. The van der Waals surface area contributed by atoms with E-state index in [0.29, 0.717) is 12.1 Å². The van der Waals surface area contributed by atoms with Gasteiger partial charge in [0.2, 0.25) is 0 Å². The molecule has 1 fully saturated rings. The zero-order valence-electron chi connectivity index (χ0n) is 11.1. The van der Waals surface area contributed by atoms with Crippen LogP contribution in [-0.4, -0.2) is 38.0 Å². The largest absolute Gasteiger partial charge is 0.416 e. The fourth-order valence-corrected chi connectivity index (χ4v) is 3.27. The average molecular weight is 323 g/mol. The molecule has 0 amide bonds. The van der Waals surface area contributed by atoms with Gasteiger partial charge < -0.3 is 10.4 Å². The van der Waals surface area contributed by atoms with Crippen LogP contribution in [0.5, 0.6) is 0 Å². The number of hydrogen-bond acceptors (Lipinski definition) is 4. The first-order valence-electron chi connectivity index (χ1n) is 6.50. The van der Waals surface area contributed by atoms with Crippen molar-refractivity contribution in [1.82, 2.24) is 5.32 Å². The molecule has 1 aromatic rings. The molecule has 21 heavy (non-hydrogen) atoms. The Morgan fingerprint density at radius 1 is 1.33 bits per heavy atom. The molecule has 2 N–H and O–H groups in total. The molecule has 0 saturated heterocycles. The lowest BCUT2D eigenvalue weighted by Crippen LogP contribution is -2.33. The van der Waals surface area contributed by atoms with E-state index in [1.807, 2.05) is 0 Å². The van der Waals surface area contributed by atoms with E-state index < -0.39 is 38.3 Å². The highest BCUT2D eigenvalue weighted by Crippen LogP contribution is 2.30. The van der Waals surface area contributed by atoms with Crippen molar-refractivity contribution in [1.29, 1.82) is 0 Å². The molecule has 0 spiro atoms. The Morgan fingerprint density at radius 2 is 2.00 bits per heavy atom. The summed E-state index contributed by atoms with van der Waals surface area (Å²) in [6.45, 7) is 0.114. The summed E-state index contributed by atoms with van der Waals surface area (Å²) in [5.41, 5.74) is -1.02. The molecular formula is C13H16F3NO3S. The first-order chi connectivity index (χ1) is 9.68. The van der Waals surface area contributed by atoms with Crippen molar-refractivity contribution in [3.8, 4) is 0 Å². The van der Waals surface area contributed by atoms with Crippen LogP contribution < -0.4 is 5.32 Å². The van der Waals surface area contributed by atoms with Crippen LogP contribution in [0.2, 0.25) is 0 Å². The zero-order chi connectivity index (χ0) is 15.7. The van der Waals surface area contributed by atoms with Crippen molar-refractivity contribution >= 4 is 9.84 Å². The van der Waals surface area contributed by atoms with E-state index in [4.69, 9.17) is 0 Å². The summed E-state index contributed by atoms with van der Waals surface area (Å²) in [4.78, 5) is -0.428. The number of alkyl halides is 3. The van der Waals surface area contributed by atoms with Crippen molar-refractivity contribution in [2.45, 2.75) is 36.1 Å². The number of rotatable bonds is 6. The fourth-order valence-electron chi connectivity index (χ4n) is 1.86. The molecular weight excluding hydrogens is 307 g/mol. The van der Waals surface area contributed by atoms with Gasteiger partial charge in [-0.1, -0.05) is 6.07 Å². The molecule has 0 radical (unpaired) electrons. The van der Waals surface area contributed by atoms with Crippen LogP contribution in [0, 0.1) is 0 Å². The zero-order valence-corrected chi connectivity index (χ0v) is 11.9. The summed E-state index contributed by atoms with van der Waals surface area (Å²) in [6, 6.07) is 3.87. The third-order valence-corrected chi connectivity index (χ3v) is 4.95. The topological polar surface area (TPSA) is 66.4 Å². The molecule has 118 valence electrons. The molecule has 1 saturated carbocycles. The first kappa shape index (κ1) is 16.3. The highest BCUT2D eigenvalue weighted by molar-refractivity contribution is 7.91. The van der Waals surface area contributed by atoms with E-state index >= 15 is 0 Å². The maximum absolute atomic E-state index is 12.6. The smallest absolute Gasteiger partial charge is 0.391 e. The number of hydrogen-bond donors (Lipinski definition) is 2. The van der Waals surface area contributed by atoms with Crippen LogP contribution in [-0.2, 0) is 16.0 Å². The Morgan fingerprint density at radius 3 is 2.57 bits per heavy atom. The first-order valence-corrected chi connectivity index (χ1v) is 8.15. The van der Waals surface area contributed by atoms with Gasteiger partial charge in [-0.05, 0) is 31.0 Å². The molecule has 1 aliphatic carbocycles. The van der Waals surface area contributed by atoms with Gasteiger partial charge in [0.15, 0.2) is 9.84 Å². The SMILES string of the molecule is O=S(=O)(CC(O)CNC1CC1)c1cccc(C(F)(F)F)c1. The molecule has 1 atom stereocenters. The summed E-state index contributed by atoms with van der Waals surface area (Å²) in [5, 5.41) is 12.7. The predicted octanol–water partition coefficient (Wildman–Crippen LogP) is 1.59. The molecule has 1 unspecified atom stereocenters. The number of sulfone groups is 1. The van der Waals surface area contributed by atoms with Gasteiger partial charge in [-0.15, -0.1) is 0 Å². The van der Waals surface area contributed by atoms with Gasteiger partial charge in [-0.25, -0.2) is 8.42 Å². The van der Waals surface area contributed by atoms with E-state index in [1.54, 1.807) is 0 Å². The van der Waals surface area contributed by atoms with Crippen LogP contribution in [0.3, 0.4) is 0 Å². The molecule has 8 heteroatoms. The Kier molecular flexibility index (Phi) is 4.60. The van der Waals surface area contributed by atoms with Crippen molar-refractivity contribution in [3.05, 3.63) is 29.8 Å². The number of halogens is 3. The van der Waals surface area contributed by atoms with Gasteiger partial charge in [0.25, 0.3) is 0 Å². The van der Waals surface area contributed by atoms with E-state index in [-0.39, 0.29) is 6.54 Å². The van der Waals surface area contributed by atoms with Crippen molar-refractivity contribution in [2.24, 2.45) is 0 Å². The van der Waals surface area contributed by atoms with Crippen molar-refractivity contribution < 1.29 is 26.7 Å². The summed E-state index contributed by atoms with van der Waals surface area (Å²) in [6.07, 6.45) is -3.76. The second-order valence-corrected chi connectivity index (χ2v) is 7.18. The lowest BCUT2D eigenvalue weighted by molar-refractivity contribution is -0.137. The number of nitrogens with one attached hydrogen (secondary N) is 1. The maximum atomic E-state index is 12.6. The quantitative estimate of drug-likeness (QED) is 0.834. The molecule has 1 aliphatic rings. The lowest BCUT2D eigenvalue weighted by atomic mass is 10.2. The fraction of sp³-hybridized carbons (Fsp3) is 0.538. The Hall–Kier alpha value is -1.12. The van der Waals surface area contributed by atoms with Gasteiger partial charge in [0.1, 0.15) is 0 Å². The minimum atomic E-state index is -4.60. The van der Waals surface area contributed by atoms with Gasteiger partial charge in [0, 0.05) is 12.6 Å². The molecule has 0 aliphatic heterocycles. The predicted molar refractivity (Wildman–Crippen MR) is 70.5 cm³/mol. The Bertz CT molecular complexity index is 597. The van der Waals surface area contributed by atoms with Crippen LogP contribution in [0.15, 0.2) is 29.2 Å². The van der Waals surface area contributed by atoms with Crippen LogP contribution in [0.25, 0.3) is 0 Å². The highest BCUT2D eigenvalue weighted by atomic mass is 32.2. The molecule has 0 heterocycles. The average Bonchev–Trinajstić information content (AvgIpc) is 3.19. The highest BCUT2D eigenvalue weighted by Gasteiger charge is 2.32. The van der Waals surface area contributed by atoms with E-state index in [9.17, 15) is 26.7 Å². The molecule has 0 aromatic heterocycles. The van der Waals surface area contributed by atoms with Gasteiger partial charge in [-0.3, -0.25) is 0 Å². The molecule has 1 aromatic carbocycles. The number of benzene rings is 1. The Labute approximate surface area is 120 Å². The van der Waals surface area contributed by atoms with E-state index in [2.05, 4.69) is 5.32 Å². The number of aliphatic hydroxyl groups is 1. The van der Waals surface area contributed by atoms with Gasteiger partial charge in [0.05, 0.1) is 22.3 Å². The van der Waals surface area contributed by atoms with E-state index in [1.165, 1.54) is 0 Å². The monoisotopic (exact) mass is 323 g/mol. The maximum Gasteiger partial charge on any atom is 0.416 e. The normalized spacial score (nSPS) is 17.7. The van der Waals surface area contributed by atoms with Crippen LogP contribution >= 0.6 is 0 Å². The summed E-state index contributed by atoms with van der Waals surface area (Å²) in [5.74, 6) is -0.603. The van der Waals surface area contributed by atoms with Gasteiger partial charge in [-0.2, -0.15) is 13.2 Å². The second-order valence-electron chi connectivity index (χ2n) is 5.14. The molecule has 0 bridgehead atoms. The minimum absolute atomic E-state index is 0.114. The summed E-state index contributed by atoms with van der Waals surface area (Å²) < 4.78 is 61.8. The second kappa shape index (κ2) is 5.94. The third-order valence-electron chi connectivity index (χ3n) is 3.15. The van der Waals surface area contributed by atoms with Crippen molar-refractivity contribution in [3.63, 3.8) is 0 Å².